The Kier molecular flexibility index (Phi) is 3.14. The first-order valence-electron chi connectivity index (χ1n) is 5.62. The zero-order chi connectivity index (χ0) is 12.4. The quantitative estimate of drug-likeness (QED) is 0.455. The number of hydrogen-bond acceptors (Lipinski definition) is 5. The molecule has 0 aromatic heterocycles. The fourth-order valence-corrected chi connectivity index (χ4v) is 2.15. The zero-order valence-electron chi connectivity index (χ0n) is 9.50. The van der Waals surface area contributed by atoms with Crippen molar-refractivity contribution in [2.24, 2.45) is 5.73 Å². The highest BCUT2D eigenvalue weighted by molar-refractivity contribution is 5.66. The van der Waals surface area contributed by atoms with Gasteiger partial charge in [-0.3, -0.25) is 10.1 Å². The highest BCUT2D eigenvalue weighted by Gasteiger charge is 2.19. The average Bonchev–Trinajstić information content (AvgIpc) is 2.28. The number of nitro benzene ring substituents is 1. The third kappa shape index (κ3) is 2.47. The molecule has 0 amide bonds. The van der Waals surface area contributed by atoms with Gasteiger partial charge in [-0.15, -0.1) is 0 Å². The van der Waals surface area contributed by atoms with Gasteiger partial charge in [0.15, 0.2) is 0 Å². The van der Waals surface area contributed by atoms with E-state index in [1.54, 1.807) is 12.1 Å². The van der Waals surface area contributed by atoms with E-state index in [4.69, 9.17) is 11.5 Å². The van der Waals surface area contributed by atoms with Crippen LogP contribution in [0.1, 0.15) is 12.8 Å². The standard InChI is InChI=1S/C11H16N4O2/c12-8-2-1-5-14(7-8)9-3-4-11(15(16)17)10(13)6-9/h3-4,6,8H,1-2,5,7,12-13H2. The van der Waals surface area contributed by atoms with Gasteiger partial charge in [-0.25, -0.2) is 0 Å². The van der Waals surface area contributed by atoms with Gasteiger partial charge in [-0.05, 0) is 25.0 Å². The lowest BCUT2D eigenvalue weighted by Crippen LogP contribution is -2.42. The minimum absolute atomic E-state index is 0.0462. The van der Waals surface area contributed by atoms with E-state index in [1.165, 1.54) is 6.07 Å². The van der Waals surface area contributed by atoms with Crippen LogP contribution in [0, 0.1) is 10.1 Å². The van der Waals surface area contributed by atoms with Crippen molar-refractivity contribution >= 4 is 17.1 Å². The topological polar surface area (TPSA) is 98.4 Å². The number of nitrogen functional groups attached to an aromatic ring is 1. The first-order valence-corrected chi connectivity index (χ1v) is 5.62. The Balaban J connectivity index is 2.22. The Morgan fingerprint density at radius 1 is 1.47 bits per heavy atom. The second-order valence-corrected chi connectivity index (χ2v) is 4.35. The third-order valence-corrected chi connectivity index (χ3v) is 3.03. The number of hydrogen-bond donors (Lipinski definition) is 2. The summed E-state index contributed by atoms with van der Waals surface area (Å²) in [5.41, 5.74) is 12.6. The van der Waals surface area contributed by atoms with E-state index < -0.39 is 4.92 Å². The molecular formula is C11H16N4O2. The molecule has 17 heavy (non-hydrogen) atoms. The fraction of sp³-hybridized carbons (Fsp3) is 0.455. The van der Waals surface area contributed by atoms with Crippen LogP contribution in [0.5, 0.6) is 0 Å². The summed E-state index contributed by atoms with van der Waals surface area (Å²) < 4.78 is 0. The molecule has 0 saturated carbocycles. The largest absolute Gasteiger partial charge is 0.393 e. The van der Waals surface area contributed by atoms with Crippen molar-refractivity contribution in [3.63, 3.8) is 0 Å². The molecule has 1 fully saturated rings. The lowest BCUT2D eigenvalue weighted by Gasteiger charge is -2.32. The maximum atomic E-state index is 10.7. The van der Waals surface area contributed by atoms with Gasteiger partial charge >= 0.3 is 0 Å². The predicted octanol–water partition coefficient (Wildman–Crippen LogP) is 1.10. The second kappa shape index (κ2) is 4.58. The fourth-order valence-electron chi connectivity index (χ4n) is 2.15. The summed E-state index contributed by atoms with van der Waals surface area (Å²) in [6.07, 6.45) is 2.07. The average molecular weight is 236 g/mol. The molecule has 1 aliphatic heterocycles. The molecule has 1 aromatic rings. The molecule has 1 aromatic carbocycles. The Labute approximate surface area is 99.3 Å². The Bertz CT molecular complexity index is 435. The van der Waals surface area contributed by atoms with Crippen LogP contribution >= 0.6 is 0 Å². The van der Waals surface area contributed by atoms with Crippen molar-refractivity contribution in [2.75, 3.05) is 23.7 Å². The van der Waals surface area contributed by atoms with Crippen LogP contribution in [0.2, 0.25) is 0 Å². The summed E-state index contributed by atoms with van der Waals surface area (Å²) in [4.78, 5) is 12.3. The van der Waals surface area contributed by atoms with Crippen molar-refractivity contribution in [3.05, 3.63) is 28.3 Å². The minimum Gasteiger partial charge on any atom is -0.393 e. The van der Waals surface area contributed by atoms with Crippen LogP contribution in [0.15, 0.2) is 18.2 Å². The molecular weight excluding hydrogens is 220 g/mol. The Hall–Kier alpha value is -1.82. The Morgan fingerprint density at radius 3 is 2.82 bits per heavy atom. The Morgan fingerprint density at radius 2 is 2.24 bits per heavy atom. The van der Waals surface area contributed by atoms with Gasteiger partial charge < -0.3 is 16.4 Å². The lowest BCUT2D eigenvalue weighted by molar-refractivity contribution is -0.383. The number of nitro groups is 1. The predicted molar refractivity (Wildman–Crippen MR) is 66.9 cm³/mol. The number of rotatable bonds is 2. The van der Waals surface area contributed by atoms with Gasteiger partial charge in [-0.2, -0.15) is 0 Å². The van der Waals surface area contributed by atoms with Crippen LogP contribution in [0.25, 0.3) is 0 Å². The van der Waals surface area contributed by atoms with Crippen LogP contribution in [-0.4, -0.2) is 24.1 Å². The molecule has 0 spiro atoms. The molecule has 0 bridgehead atoms. The summed E-state index contributed by atoms with van der Waals surface area (Å²) in [5, 5.41) is 10.7. The molecule has 1 unspecified atom stereocenters. The minimum atomic E-state index is -0.471. The number of piperidine rings is 1. The van der Waals surface area contributed by atoms with Gasteiger partial charge in [-0.1, -0.05) is 0 Å². The van der Waals surface area contributed by atoms with Crippen molar-refractivity contribution < 1.29 is 4.92 Å². The zero-order valence-corrected chi connectivity index (χ0v) is 9.50. The lowest BCUT2D eigenvalue weighted by atomic mass is 10.1. The molecule has 6 heteroatoms. The summed E-state index contributed by atoms with van der Waals surface area (Å²) in [7, 11) is 0. The summed E-state index contributed by atoms with van der Waals surface area (Å²) in [6, 6.07) is 4.99. The summed E-state index contributed by atoms with van der Waals surface area (Å²) in [5.74, 6) is 0. The maximum absolute atomic E-state index is 10.7. The highest BCUT2D eigenvalue weighted by atomic mass is 16.6. The van der Waals surface area contributed by atoms with Crippen molar-refractivity contribution in [2.45, 2.75) is 18.9 Å². The van der Waals surface area contributed by atoms with Crippen LogP contribution in [-0.2, 0) is 0 Å². The molecule has 1 atom stereocenters. The van der Waals surface area contributed by atoms with Crippen molar-refractivity contribution in [1.82, 2.24) is 0 Å². The van der Waals surface area contributed by atoms with Gasteiger partial charge in [0.25, 0.3) is 5.69 Å². The molecule has 1 heterocycles. The van der Waals surface area contributed by atoms with Crippen LogP contribution in [0.3, 0.4) is 0 Å². The van der Waals surface area contributed by atoms with E-state index in [2.05, 4.69) is 4.90 Å². The monoisotopic (exact) mass is 236 g/mol. The van der Waals surface area contributed by atoms with Crippen molar-refractivity contribution in [1.29, 1.82) is 0 Å². The van der Waals surface area contributed by atoms with E-state index in [0.29, 0.717) is 0 Å². The summed E-state index contributed by atoms with van der Waals surface area (Å²) >= 11 is 0. The first-order chi connectivity index (χ1) is 8.08. The van der Waals surface area contributed by atoms with Gasteiger partial charge in [0.1, 0.15) is 5.69 Å². The van der Waals surface area contributed by atoms with Gasteiger partial charge in [0, 0.05) is 30.9 Å². The van der Waals surface area contributed by atoms with Crippen LogP contribution < -0.4 is 16.4 Å². The molecule has 1 saturated heterocycles. The number of nitrogens with zero attached hydrogens (tertiary/aromatic N) is 2. The van der Waals surface area contributed by atoms with Gasteiger partial charge in [0.2, 0.25) is 0 Å². The maximum Gasteiger partial charge on any atom is 0.292 e. The normalized spacial score (nSPS) is 20.3. The molecule has 6 nitrogen and oxygen atoms in total. The number of benzene rings is 1. The highest BCUT2D eigenvalue weighted by Crippen LogP contribution is 2.28. The van der Waals surface area contributed by atoms with Crippen molar-refractivity contribution in [3.8, 4) is 0 Å². The molecule has 92 valence electrons. The third-order valence-electron chi connectivity index (χ3n) is 3.03. The smallest absolute Gasteiger partial charge is 0.292 e. The second-order valence-electron chi connectivity index (χ2n) is 4.35. The van der Waals surface area contributed by atoms with E-state index >= 15 is 0 Å². The summed E-state index contributed by atoms with van der Waals surface area (Å²) in [6.45, 7) is 1.70. The molecule has 4 N–H and O–H groups in total. The molecule has 1 aliphatic rings. The SMILES string of the molecule is Nc1cc(N2CCCC(N)C2)ccc1[N+](=O)[O-]. The molecule has 0 radical (unpaired) electrons. The first kappa shape index (κ1) is 11.7. The van der Waals surface area contributed by atoms with Crippen LogP contribution in [0.4, 0.5) is 17.1 Å². The number of nitrogens with two attached hydrogens (primary N) is 2. The van der Waals surface area contributed by atoms with Gasteiger partial charge in [0.05, 0.1) is 4.92 Å². The van der Waals surface area contributed by atoms with E-state index in [-0.39, 0.29) is 17.4 Å². The molecule has 0 aliphatic carbocycles. The number of anilines is 2. The van der Waals surface area contributed by atoms with E-state index in [9.17, 15) is 10.1 Å². The van der Waals surface area contributed by atoms with E-state index in [0.717, 1.165) is 31.6 Å². The van der Waals surface area contributed by atoms with E-state index in [1.807, 2.05) is 0 Å². The molecule has 2 rings (SSSR count).